The highest BCUT2D eigenvalue weighted by Crippen LogP contribution is 2.29. The van der Waals surface area contributed by atoms with Crippen LogP contribution in [0.15, 0.2) is 18.2 Å². The predicted octanol–water partition coefficient (Wildman–Crippen LogP) is 3.86. The van der Waals surface area contributed by atoms with Gasteiger partial charge in [0.05, 0.1) is 6.61 Å². The highest BCUT2D eigenvalue weighted by Gasteiger charge is 2.19. The van der Waals surface area contributed by atoms with Gasteiger partial charge in [0.1, 0.15) is 0 Å². The van der Waals surface area contributed by atoms with E-state index in [9.17, 15) is 9.59 Å². The summed E-state index contributed by atoms with van der Waals surface area (Å²) in [6, 6.07) is 5.84. The van der Waals surface area contributed by atoms with Gasteiger partial charge < -0.3 is 24.6 Å². The number of rotatable bonds is 11. The van der Waals surface area contributed by atoms with Crippen molar-refractivity contribution in [2.24, 2.45) is 0 Å². The van der Waals surface area contributed by atoms with Gasteiger partial charge in [-0.2, -0.15) is 0 Å². The number of unbranched alkanes of at least 4 members (excludes halogenated alkanes) is 1. The van der Waals surface area contributed by atoms with Crippen molar-refractivity contribution < 1.29 is 19.1 Å². The third kappa shape index (κ3) is 7.91. The molecule has 2 aliphatic rings. The molecule has 1 unspecified atom stereocenters. The van der Waals surface area contributed by atoms with Crippen LogP contribution in [0, 0.1) is 0 Å². The van der Waals surface area contributed by atoms with Crippen LogP contribution in [-0.2, 0) is 4.79 Å². The zero-order valence-electron chi connectivity index (χ0n) is 20.4. The van der Waals surface area contributed by atoms with Gasteiger partial charge in [-0.15, -0.1) is 0 Å². The lowest BCUT2D eigenvalue weighted by atomic mass is 10.0. The van der Waals surface area contributed by atoms with Crippen LogP contribution in [0.3, 0.4) is 0 Å². The number of hydrogen-bond donors (Lipinski definition) is 1. The number of carbonyl (C=O) groups excluding carboxylic acids is 2. The van der Waals surface area contributed by atoms with Crippen LogP contribution in [0.25, 0.3) is 0 Å². The van der Waals surface area contributed by atoms with E-state index in [-0.39, 0.29) is 18.4 Å². The molecule has 2 amide bonds. The number of piperidine rings is 2. The maximum Gasteiger partial charge on any atom is 0.260 e. The molecule has 1 aromatic rings. The molecule has 3 rings (SSSR count). The summed E-state index contributed by atoms with van der Waals surface area (Å²) < 4.78 is 11.5. The van der Waals surface area contributed by atoms with Crippen LogP contribution in [-0.4, -0.2) is 73.6 Å². The van der Waals surface area contributed by atoms with Gasteiger partial charge >= 0.3 is 0 Å². The summed E-state index contributed by atoms with van der Waals surface area (Å²) in [7, 11) is 0. The first-order valence-electron chi connectivity index (χ1n) is 12.8. The zero-order valence-corrected chi connectivity index (χ0v) is 20.4. The molecule has 1 atom stereocenters. The molecule has 184 valence electrons. The van der Waals surface area contributed by atoms with E-state index in [0.717, 1.165) is 45.3 Å². The van der Waals surface area contributed by atoms with Crippen molar-refractivity contribution in [2.75, 3.05) is 45.9 Å². The summed E-state index contributed by atoms with van der Waals surface area (Å²) in [6.45, 7) is 9.21. The quantitative estimate of drug-likeness (QED) is 0.509. The zero-order chi connectivity index (χ0) is 23.5. The number of nitrogens with zero attached hydrogens (tertiary/aromatic N) is 2. The minimum absolute atomic E-state index is 0.00193. The Morgan fingerprint density at radius 2 is 1.79 bits per heavy atom. The van der Waals surface area contributed by atoms with Crippen molar-refractivity contribution in [1.29, 1.82) is 0 Å². The second-order valence-corrected chi connectivity index (χ2v) is 9.17. The van der Waals surface area contributed by atoms with E-state index in [0.29, 0.717) is 36.3 Å². The van der Waals surface area contributed by atoms with Gasteiger partial charge in [0.2, 0.25) is 0 Å². The number of nitrogens with one attached hydrogen (secondary N) is 1. The summed E-state index contributed by atoms with van der Waals surface area (Å²) in [5, 5.41) is 3.02. The van der Waals surface area contributed by atoms with Crippen molar-refractivity contribution in [2.45, 2.75) is 71.3 Å². The van der Waals surface area contributed by atoms with E-state index in [4.69, 9.17) is 9.47 Å². The molecular weight excluding hydrogens is 418 g/mol. The Kier molecular flexibility index (Phi) is 10.3. The van der Waals surface area contributed by atoms with E-state index in [2.05, 4.69) is 17.1 Å². The molecule has 1 aromatic carbocycles. The maximum absolute atomic E-state index is 12.6. The lowest BCUT2D eigenvalue weighted by Crippen LogP contribution is -2.38. The van der Waals surface area contributed by atoms with Crippen molar-refractivity contribution in [3.8, 4) is 11.5 Å². The molecule has 1 N–H and O–H groups in total. The Morgan fingerprint density at radius 1 is 1.00 bits per heavy atom. The molecule has 0 aliphatic carbocycles. The fraction of sp³-hybridized carbons (Fsp3) is 0.692. The van der Waals surface area contributed by atoms with Gasteiger partial charge in [0.25, 0.3) is 11.8 Å². The first-order chi connectivity index (χ1) is 16.1. The molecule has 2 fully saturated rings. The van der Waals surface area contributed by atoms with Gasteiger partial charge in [-0.3, -0.25) is 9.59 Å². The molecule has 0 bridgehead atoms. The van der Waals surface area contributed by atoms with Gasteiger partial charge in [-0.1, -0.05) is 6.42 Å². The van der Waals surface area contributed by atoms with Crippen LogP contribution in [0.2, 0.25) is 0 Å². The minimum Gasteiger partial charge on any atom is -0.490 e. The third-order valence-corrected chi connectivity index (χ3v) is 6.66. The molecule has 7 nitrogen and oxygen atoms in total. The number of carbonyl (C=O) groups is 2. The predicted molar refractivity (Wildman–Crippen MR) is 130 cm³/mol. The van der Waals surface area contributed by atoms with Crippen molar-refractivity contribution >= 4 is 11.8 Å². The largest absolute Gasteiger partial charge is 0.490 e. The third-order valence-electron chi connectivity index (χ3n) is 6.66. The summed E-state index contributed by atoms with van der Waals surface area (Å²) in [6.07, 6.45) is 9.28. The Labute approximate surface area is 198 Å². The number of hydrogen-bond acceptors (Lipinski definition) is 5. The standard InChI is InChI=1S/C26H41N3O4/c1-3-32-24-19-22(12-13-23(24)33-20-25(30)29-17-7-4-8-18-29)26(31)27-14-6-10-16-28-15-9-5-11-21(28)2/h12-13,19,21H,3-11,14-18,20H2,1-2H3,(H,27,31). The highest BCUT2D eigenvalue weighted by molar-refractivity contribution is 5.94. The molecule has 2 saturated heterocycles. The Bertz CT molecular complexity index is 764. The summed E-state index contributed by atoms with van der Waals surface area (Å²) >= 11 is 0. The van der Waals surface area contributed by atoms with E-state index in [1.54, 1.807) is 18.2 Å². The van der Waals surface area contributed by atoms with E-state index in [1.165, 1.54) is 32.2 Å². The Balaban J connectivity index is 1.44. The maximum atomic E-state index is 12.6. The molecule has 0 aromatic heterocycles. The van der Waals surface area contributed by atoms with Crippen LogP contribution >= 0.6 is 0 Å². The van der Waals surface area contributed by atoms with Crippen LogP contribution < -0.4 is 14.8 Å². The molecule has 0 spiro atoms. The Morgan fingerprint density at radius 3 is 2.55 bits per heavy atom. The lowest BCUT2D eigenvalue weighted by molar-refractivity contribution is -0.134. The fourth-order valence-electron chi connectivity index (χ4n) is 4.64. The normalized spacial score (nSPS) is 19.2. The molecule has 2 aliphatic heterocycles. The molecule has 2 heterocycles. The van der Waals surface area contributed by atoms with E-state index >= 15 is 0 Å². The topological polar surface area (TPSA) is 71.1 Å². The average Bonchev–Trinajstić information content (AvgIpc) is 2.84. The van der Waals surface area contributed by atoms with Crippen LogP contribution in [0.4, 0.5) is 0 Å². The van der Waals surface area contributed by atoms with E-state index in [1.807, 2.05) is 11.8 Å². The first-order valence-corrected chi connectivity index (χ1v) is 12.8. The minimum atomic E-state index is -0.113. The second-order valence-electron chi connectivity index (χ2n) is 9.17. The first kappa shape index (κ1) is 25.3. The van der Waals surface area contributed by atoms with E-state index < -0.39 is 0 Å². The smallest absolute Gasteiger partial charge is 0.260 e. The average molecular weight is 460 g/mol. The van der Waals surface area contributed by atoms with Crippen molar-refractivity contribution in [3.63, 3.8) is 0 Å². The van der Waals surface area contributed by atoms with Crippen molar-refractivity contribution in [1.82, 2.24) is 15.1 Å². The molecule has 0 saturated carbocycles. The monoisotopic (exact) mass is 459 g/mol. The number of ether oxygens (including phenoxy) is 2. The molecule has 7 heteroatoms. The van der Waals surface area contributed by atoms with Gasteiger partial charge in [0, 0.05) is 31.2 Å². The SMILES string of the molecule is CCOc1cc(C(=O)NCCCCN2CCCCC2C)ccc1OCC(=O)N1CCCCC1. The van der Waals surface area contributed by atoms with Gasteiger partial charge in [-0.25, -0.2) is 0 Å². The number of benzene rings is 1. The molecule has 33 heavy (non-hydrogen) atoms. The lowest BCUT2D eigenvalue weighted by Gasteiger charge is -2.33. The summed E-state index contributed by atoms with van der Waals surface area (Å²) in [4.78, 5) is 29.4. The fourth-order valence-corrected chi connectivity index (χ4v) is 4.64. The number of likely N-dealkylation sites (tertiary alicyclic amines) is 2. The highest BCUT2D eigenvalue weighted by atomic mass is 16.5. The van der Waals surface area contributed by atoms with Gasteiger partial charge in [0.15, 0.2) is 18.1 Å². The molecular formula is C26H41N3O4. The van der Waals surface area contributed by atoms with Crippen molar-refractivity contribution in [3.05, 3.63) is 23.8 Å². The summed E-state index contributed by atoms with van der Waals surface area (Å²) in [5.74, 6) is 0.876. The Hall–Kier alpha value is -2.28. The van der Waals surface area contributed by atoms with Gasteiger partial charge in [-0.05, 0) is 90.1 Å². The second kappa shape index (κ2) is 13.4. The van der Waals surface area contributed by atoms with Crippen LogP contribution in [0.1, 0.15) is 75.6 Å². The summed E-state index contributed by atoms with van der Waals surface area (Å²) in [5.41, 5.74) is 0.540. The molecule has 0 radical (unpaired) electrons. The number of amides is 2. The van der Waals surface area contributed by atoms with Crippen LogP contribution in [0.5, 0.6) is 11.5 Å².